The maximum Gasteiger partial charge on any atom is 0.159 e. The molecule has 0 fully saturated rings. The molecule has 2 nitrogen and oxygen atoms in total. The zero-order valence-electron chi connectivity index (χ0n) is 13.3. The van der Waals surface area contributed by atoms with Crippen LogP contribution in [-0.2, 0) is 5.75 Å². The number of nitrogens with zero attached hydrogens (tertiary/aromatic N) is 1. The number of hydrogen-bond acceptors (Lipinski definition) is 2. The molecule has 0 aliphatic carbocycles. The van der Waals surface area contributed by atoms with Gasteiger partial charge in [-0.1, -0.05) is 78.0 Å². The molecule has 0 aromatic heterocycles. The summed E-state index contributed by atoms with van der Waals surface area (Å²) in [5.74, 6) is 0.240. The van der Waals surface area contributed by atoms with Gasteiger partial charge in [-0.15, -0.1) is 0 Å². The first-order valence-electron chi connectivity index (χ1n) is 7.68. The molecule has 2 N–H and O–H groups in total. The SMILES string of the molecule is NC(=Nc1ccc(F)c(Cl)c1)SCc1ccc(-c2ccccc2)cc1. The highest BCUT2D eigenvalue weighted by Crippen LogP contribution is 2.24. The Morgan fingerprint density at radius 3 is 2.32 bits per heavy atom. The van der Waals surface area contributed by atoms with Gasteiger partial charge in [-0.05, 0) is 34.9 Å². The fourth-order valence-electron chi connectivity index (χ4n) is 2.30. The van der Waals surface area contributed by atoms with Crippen LogP contribution in [-0.4, -0.2) is 5.17 Å². The number of amidine groups is 1. The Morgan fingerprint density at radius 2 is 1.64 bits per heavy atom. The van der Waals surface area contributed by atoms with Crippen molar-refractivity contribution >= 4 is 34.2 Å². The molecule has 3 aromatic rings. The second kappa shape index (κ2) is 8.19. The van der Waals surface area contributed by atoms with Crippen LogP contribution in [0.2, 0.25) is 5.02 Å². The van der Waals surface area contributed by atoms with Crippen molar-refractivity contribution in [2.45, 2.75) is 5.75 Å². The average Bonchev–Trinajstić information content (AvgIpc) is 2.64. The lowest BCUT2D eigenvalue weighted by Gasteiger charge is -2.05. The van der Waals surface area contributed by atoms with Crippen molar-refractivity contribution in [3.8, 4) is 11.1 Å². The summed E-state index contributed by atoms with van der Waals surface area (Å²) in [6.07, 6.45) is 0. The first kappa shape index (κ1) is 17.5. The van der Waals surface area contributed by atoms with E-state index in [2.05, 4.69) is 41.4 Å². The van der Waals surface area contributed by atoms with Crippen LogP contribution in [0.1, 0.15) is 5.56 Å². The molecule has 0 radical (unpaired) electrons. The number of benzene rings is 3. The molecule has 0 atom stereocenters. The van der Waals surface area contributed by atoms with Gasteiger partial charge in [0.2, 0.25) is 0 Å². The fraction of sp³-hybridized carbons (Fsp3) is 0.0500. The Kier molecular flexibility index (Phi) is 5.74. The molecule has 0 unspecified atom stereocenters. The molecule has 0 heterocycles. The van der Waals surface area contributed by atoms with E-state index in [1.54, 1.807) is 6.07 Å². The van der Waals surface area contributed by atoms with Crippen LogP contribution in [0, 0.1) is 5.82 Å². The lowest BCUT2D eigenvalue weighted by Crippen LogP contribution is -2.06. The van der Waals surface area contributed by atoms with Crippen LogP contribution in [0.3, 0.4) is 0 Å². The molecular weight excluding hydrogens is 355 g/mol. The number of halogens is 2. The van der Waals surface area contributed by atoms with Crippen molar-refractivity contribution in [2.75, 3.05) is 0 Å². The number of thioether (sulfide) groups is 1. The topological polar surface area (TPSA) is 38.4 Å². The van der Waals surface area contributed by atoms with Crippen LogP contribution < -0.4 is 5.73 Å². The Balaban J connectivity index is 1.63. The van der Waals surface area contributed by atoms with Gasteiger partial charge in [0.15, 0.2) is 5.17 Å². The summed E-state index contributed by atoms with van der Waals surface area (Å²) in [5, 5.41) is 0.449. The number of nitrogens with two attached hydrogens (primary N) is 1. The zero-order valence-corrected chi connectivity index (χ0v) is 14.9. The molecule has 0 bridgehead atoms. The van der Waals surface area contributed by atoms with Gasteiger partial charge in [-0.3, -0.25) is 0 Å². The van der Waals surface area contributed by atoms with Gasteiger partial charge in [-0.2, -0.15) is 0 Å². The Labute approximate surface area is 155 Å². The van der Waals surface area contributed by atoms with Gasteiger partial charge in [0, 0.05) is 5.75 Å². The highest BCUT2D eigenvalue weighted by Gasteiger charge is 2.03. The minimum absolute atomic E-state index is 0.0375. The third-order valence-corrected chi connectivity index (χ3v) is 4.74. The molecule has 0 saturated heterocycles. The van der Waals surface area contributed by atoms with E-state index in [0.29, 0.717) is 16.6 Å². The predicted molar refractivity (Wildman–Crippen MR) is 106 cm³/mol. The van der Waals surface area contributed by atoms with E-state index in [4.69, 9.17) is 17.3 Å². The van der Waals surface area contributed by atoms with Gasteiger partial charge in [0.1, 0.15) is 5.82 Å². The monoisotopic (exact) mass is 370 g/mol. The minimum atomic E-state index is -0.467. The van der Waals surface area contributed by atoms with Crippen molar-refractivity contribution in [1.82, 2.24) is 0 Å². The van der Waals surface area contributed by atoms with Crippen molar-refractivity contribution in [2.24, 2.45) is 10.7 Å². The normalized spacial score (nSPS) is 11.5. The van der Waals surface area contributed by atoms with E-state index in [1.165, 1.54) is 35.0 Å². The number of aliphatic imine (C=N–C) groups is 1. The van der Waals surface area contributed by atoms with Gasteiger partial charge < -0.3 is 5.73 Å². The van der Waals surface area contributed by atoms with Crippen LogP contribution in [0.5, 0.6) is 0 Å². The lowest BCUT2D eigenvalue weighted by atomic mass is 10.0. The summed E-state index contributed by atoms with van der Waals surface area (Å²) >= 11 is 7.17. The molecule has 0 aliphatic rings. The fourth-order valence-corrected chi connectivity index (χ4v) is 3.15. The van der Waals surface area contributed by atoms with Gasteiger partial charge in [0.25, 0.3) is 0 Å². The Morgan fingerprint density at radius 1 is 0.960 bits per heavy atom. The second-order valence-electron chi connectivity index (χ2n) is 5.40. The molecule has 5 heteroatoms. The smallest absolute Gasteiger partial charge is 0.159 e. The van der Waals surface area contributed by atoms with Crippen LogP contribution in [0.25, 0.3) is 11.1 Å². The highest BCUT2D eigenvalue weighted by atomic mass is 35.5. The largest absolute Gasteiger partial charge is 0.378 e. The second-order valence-corrected chi connectivity index (χ2v) is 6.80. The Bertz CT molecular complexity index is 880. The van der Waals surface area contributed by atoms with Crippen molar-refractivity contribution in [3.05, 3.63) is 89.2 Å². The van der Waals surface area contributed by atoms with E-state index in [0.717, 1.165) is 5.56 Å². The summed E-state index contributed by atoms with van der Waals surface area (Å²) in [5.41, 5.74) is 10.00. The predicted octanol–water partition coefficient (Wildman–Crippen LogP) is 6.03. The van der Waals surface area contributed by atoms with Crippen molar-refractivity contribution in [3.63, 3.8) is 0 Å². The molecular formula is C20H16ClFN2S. The zero-order chi connectivity index (χ0) is 17.6. The molecule has 3 rings (SSSR count). The maximum absolute atomic E-state index is 13.1. The third-order valence-electron chi connectivity index (χ3n) is 3.59. The molecule has 126 valence electrons. The van der Waals surface area contributed by atoms with Crippen LogP contribution in [0.4, 0.5) is 10.1 Å². The number of hydrogen-bond donors (Lipinski definition) is 1. The van der Waals surface area contributed by atoms with Gasteiger partial charge in [-0.25, -0.2) is 9.38 Å². The first-order valence-corrected chi connectivity index (χ1v) is 9.04. The summed E-state index contributed by atoms with van der Waals surface area (Å²) < 4.78 is 13.1. The standard InChI is InChI=1S/C20H16ClFN2S/c21-18-12-17(10-11-19(18)22)24-20(23)25-13-14-6-8-16(9-7-14)15-4-2-1-3-5-15/h1-12H,13H2,(H2,23,24). The summed E-state index contributed by atoms with van der Waals surface area (Å²) in [6.45, 7) is 0. The van der Waals surface area contributed by atoms with Crippen LogP contribution >= 0.6 is 23.4 Å². The van der Waals surface area contributed by atoms with Crippen molar-refractivity contribution < 1.29 is 4.39 Å². The molecule has 25 heavy (non-hydrogen) atoms. The van der Waals surface area contributed by atoms with E-state index < -0.39 is 5.82 Å². The summed E-state index contributed by atoms with van der Waals surface area (Å²) in [6, 6.07) is 22.9. The maximum atomic E-state index is 13.1. The molecule has 0 spiro atoms. The number of rotatable bonds is 4. The van der Waals surface area contributed by atoms with Gasteiger partial charge >= 0.3 is 0 Å². The first-order chi connectivity index (χ1) is 12.1. The highest BCUT2D eigenvalue weighted by molar-refractivity contribution is 8.13. The molecule has 0 amide bonds. The lowest BCUT2D eigenvalue weighted by molar-refractivity contribution is 0.628. The van der Waals surface area contributed by atoms with E-state index in [1.807, 2.05) is 18.2 Å². The van der Waals surface area contributed by atoms with E-state index >= 15 is 0 Å². The van der Waals surface area contributed by atoms with E-state index in [9.17, 15) is 4.39 Å². The molecule has 0 aliphatic heterocycles. The molecule has 3 aromatic carbocycles. The Hall–Kier alpha value is -2.30. The van der Waals surface area contributed by atoms with Crippen molar-refractivity contribution in [1.29, 1.82) is 0 Å². The minimum Gasteiger partial charge on any atom is -0.378 e. The third kappa shape index (κ3) is 4.84. The van der Waals surface area contributed by atoms with Crippen LogP contribution in [0.15, 0.2) is 77.8 Å². The quantitative estimate of drug-likeness (QED) is 0.450. The summed E-state index contributed by atoms with van der Waals surface area (Å²) in [4.78, 5) is 4.25. The molecule has 0 saturated carbocycles. The summed E-state index contributed by atoms with van der Waals surface area (Å²) in [7, 11) is 0. The van der Waals surface area contributed by atoms with E-state index in [-0.39, 0.29) is 5.02 Å². The van der Waals surface area contributed by atoms with Gasteiger partial charge in [0.05, 0.1) is 10.7 Å². The average molecular weight is 371 g/mol.